The summed E-state index contributed by atoms with van der Waals surface area (Å²) in [5, 5.41) is 0. The largest absolute Gasteiger partial charge is 0.342 e. The lowest BCUT2D eigenvalue weighted by Gasteiger charge is -2.37. The monoisotopic (exact) mass is 404 g/mol. The predicted octanol–water partition coefficient (Wildman–Crippen LogP) is 5.02. The van der Waals surface area contributed by atoms with Gasteiger partial charge in [-0.25, -0.2) is 0 Å². The van der Waals surface area contributed by atoms with E-state index in [2.05, 4.69) is 68.7 Å². The third-order valence-corrected chi connectivity index (χ3v) is 6.43. The summed E-state index contributed by atoms with van der Waals surface area (Å²) >= 11 is 0. The molecule has 1 atom stereocenters. The normalized spacial score (nSPS) is 19.3. The topological polar surface area (TPSA) is 41.6 Å². The molecule has 1 saturated heterocycles. The highest BCUT2D eigenvalue weighted by Gasteiger charge is 2.40. The van der Waals surface area contributed by atoms with Gasteiger partial charge >= 0.3 is 0 Å². The molecule has 0 bridgehead atoms. The van der Waals surface area contributed by atoms with Crippen LogP contribution in [0.15, 0.2) is 60.7 Å². The quantitative estimate of drug-likeness (QED) is 0.781. The molecule has 0 saturated carbocycles. The molecule has 0 aliphatic carbocycles. The van der Waals surface area contributed by atoms with Crippen LogP contribution in [0.2, 0.25) is 0 Å². The summed E-state index contributed by atoms with van der Waals surface area (Å²) in [5.74, 6) is 0.0673. The molecule has 1 amide bonds. The molecule has 2 aromatic carbocycles. The number of carbonyl (C=O) groups is 1. The van der Waals surface area contributed by atoms with Gasteiger partial charge in [-0.05, 0) is 35.1 Å². The van der Waals surface area contributed by atoms with Gasteiger partial charge in [-0.15, -0.1) is 0 Å². The van der Waals surface area contributed by atoms with Crippen molar-refractivity contribution >= 4 is 11.6 Å². The molecule has 4 heteroatoms. The second-order valence-electron chi connectivity index (χ2n) is 9.61. The number of nitrogens with one attached hydrogen (secondary N) is 1. The van der Waals surface area contributed by atoms with Crippen molar-refractivity contribution in [2.75, 3.05) is 13.1 Å². The van der Waals surface area contributed by atoms with Gasteiger partial charge in [0.15, 0.2) is 0 Å². The molecule has 1 N–H and O–H groups in total. The van der Waals surface area contributed by atoms with E-state index in [0.717, 1.165) is 29.7 Å². The molecule has 1 spiro atoms. The smallest absolute Gasteiger partial charge is 0.229 e. The van der Waals surface area contributed by atoms with Crippen molar-refractivity contribution in [3.63, 3.8) is 0 Å². The first kappa shape index (κ1) is 20.7. The standard InChI is InChI=1S/C26H32N2O2/c1-19(20-10-12-22(13-11-20)25(2,3)4)24(29)28-16-14-26(15-17-28)18-23(27-30-26)21-8-6-5-7-9-21/h5-13,18-19,27H,14-17H2,1-4H3. The molecule has 2 aliphatic rings. The minimum Gasteiger partial charge on any atom is -0.342 e. The maximum Gasteiger partial charge on any atom is 0.229 e. The van der Waals surface area contributed by atoms with Crippen molar-refractivity contribution < 1.29 is 9.63 Å². The number of amides is 1. The lowest BCUT2D eigenvalue weighted by atomic mass is 9.85. The minimum atomic E-state index is -0.320. The Morgan fingerprint density at radius 3 is 2.27 bits per heavy atom. The maximum atomic E-state index is 13.1. The first-order valence-corrected chi connectivity index (χ1v) is 10.9. The van der Waals surface area contributed by atoms with E-state index in [1.807, 2.05) is 30.0 Å². The van der Waals surface area contributed by atoms with Gasteiger partial charge in [0.1, 0.15) is 5.60 Å². The van der Waals surface area contributed by atoms with E-state index in [0.29, 0.717) is 13.1 Å². The highest BCUT2D eigenvalue weighted by molar-refractivity contribution is 5.83. The van der Waals surface area contributed by atoms with Gasteiger partial charge in [0, 0.05) is 25.9 Å². The Kier molecular flexibility index (Phi) is 5.46. The highest BCUT2D eigenvalue weighted by atomic mass is 16.7. The Hall–Kier alpha value is -2.59. The molecule has 4 nitrogen and oxygen atoms in total. The molecule has 30 heavy (non-hydrogen) atoms. The molecule has 2 aromatic rings. The van der Waals surface area contributed by atoms with Crippen LogP contribution in [0.4, 0.5) is 0 Å². The van der Waals surface area contributed by atoms with Crippen LogP contribution in [-0.4, -0.2) is 29.5 Å². The minimum absolute atomic E-state index is 0.119. The second kappa shape index (κ2) is 7.92. The summed E-state index contributed by atoms with van der Waals surface area (Å²) in [4.78, 5) is 21.1. The zero-order chi connectivity index (χ0) is 21.4. The van der Waals surface area contributed by atoms with E-state index in [-0.39, 0.29) is 22.8 Å². The Balaban J connectivity index is 1.39. The van der Waals surface area contributed by atoms with Crippen molar-refractivity contribution in [2.24, 2.45) is 0 Å². The average molecular weight is 405 g/mol. The van der Waals surface area contributed by atoms with E-state index >= 15 is 0 Å². The fraction of sp³-hybridized carbons (Fsp3) is 0.423. The molecule has 1 fully saturated rings. The van der Waals surface area contributed by atoms with Gasteiger partial charge in [-0.2, -0.15) is 0 Å². The van der Waals surface area contributed by atoms with Gasteiger partial charge in [0.05, 0.1) is 11.6 Å². The molecule has 158 valence electrons. The first-order valence-electron chi connectivity index (χ1n) is 10.9. The third-order valence-electron chi connectivity index (χ3n) is 6.43. The van der Waals surface area contributed by atoms with Crippen LogP contribution >= 0.6 is 0 Å². The van der Waals surface area contributed by atoms with Crippen LogP contribution in [0.1, 0.15) is 63.1 Å². The number of benzene rings is 2. The van der Waals surface area contributed by atoms with Crippen LogP contribution in [-0.2, 0) is 15.0 Å². The van der Waals surface area contributed by atoms with Crippen molar-refractivity contribution in [3.8, 4) is 0 Å². The van der Waals surface area contributed by atoms with Crippen LogP contribution in [0.3, 0.4) is 0 Å². The Labute approximate surface area is 179 Å². The van der Waals surface area contributed by atoms with E-state index in [9.17, 15) is 4.79 Å². The fourth-order valence-electron chi connectivity index (χ4n) is 4.28. The van der Waals surface area contributed by atoms with Gasteiger partial charge in [0.2, 0.25) is 5.91 Å². The zero-order valence-electron chi connectivity index (χ0n) is 18.4. The number of rotatable bonds is 3. The Morgan fingerprint density at radius 1 is 1.03 bits per heavy atom. The number of likely N-dealkylation sites (tertiary alicyclic amines) is 1. The summed E-state index contributed by atoms with van der Waals surface area (Å²) in [6.45, 7) is 10.1. The molecule has 2 heterocycles. The molecular weight excluding hydrogens is 372 g/mol. The SMILES string of the molecule is CC(C(=O)N1CCC2(C=C(c3ccccc3)NO2)CC1)c1ccc(C(C)(C)C)cc1. The Bertz CT molecular complexity index is 918. The van der Waals surface area contributed by atoms with Crippen molar-refractivity contribution in [2.45, 2.75) is 57.5 Å². The number of carbonyl (C=O) groups excluding carboxylic acids is 1. The Morgan fingerprint density at radius 2 is 1.67 bits per heavy atom. The number of piperidine rings is 1. The van der Waals surface area contributed by atoms with Crippen molar-refractivity contribution in [1.82, 2.24) is 10.4 Å². The number of hydrogen-bond donors (Lipinski definition) is 1. The van der Waals surface area contributed by atoms with Gasteiger partial charge in [-0.1, -0.05) is 75.4 Å². The first-order chi connectivity index (χ1) is 14.3. The summed E-state index contributed by atoms with van der Waals surface area (Å²) in [6.07, 6.45) is 3.80. The van der Waals surface area contributed by atoms with E-state index in [4.69, 9.17) is 4.84 Å². The summed E-state index contributed by atoms with van der Waals surface area (Å²) < 4.78 is 0. The molecule has 1 unspecified atom stereocenters. The fourth-order valence-corrected chi connectivity index (χ4v) is 4.28. The summed E-state index contributed by atoms with van der Waals surface area (Å²) in [7, 11) is 0. The third kappa shape index (κ3) is 4.15. The lowest BCUT2D eigenvalue weighted by Crippen LogP contribution is -2.47. The molecular formula is C26H32N2O2. The molecule has 0 radical (unpaired) electrons. The number of hydroxylamine groups is 1. The highest BCUT2D eigenvalue weighted by Crippen LogP contribution is 2.35. The van der Waals surface area contributed by atoms with E-state index < -0.39 is 0 Å². The second-order valence-corrected chi connectivity index (χ2v) is 9.61. The van der Waals surface area contributed by atoms with Gasteiger partial charge in [0.25, 0.3) is 0 Å². The number of hydrogen-bond acceptors (Lipinski definition) is 3. The lowest BCUT2D eigenvalue weighted by molar-refractivity contribution is -0.138. The van der Waals surface area contributed by atoms with Crippen LogP contribution in [0.5, 0.6) is 0 Å². The molecule has 2 aliphatic heterocycles. The predicted molar refractivity (Wildman–Crippen MR) is 121 cm³/mol. The molecule has 4 rings (SSSR count). The summed E-state index contributed by atoms with van der Waals surface area (Å²) in [6, 6.07) is 18.7. The van der Waals surface area contributed by atoms with Gasteiger partial charge < -0.3 is 4.90 Å². The van der Waals surface area contributed by atoms with Crippen LogP contribution in [0.25, 0.3) is 5.70 Å². The molecule has 0 aromatic heterocycles. The van der Waals surface area contributed by atoms with Crippen LogP contribution < -0.4 is 5.48 Å². The summed E-state index contributed by atoms with van der Waals surface area (Å²) in [5.41, 5.74) is 7.41. The average Bonchev–Trinajstić information content (AvgIpc) is 3.17. The van der Waals surface area contributed by atoms with Gasteiger partial charge in [-0.3, -0.25) is 15.1 Å². The van der Waals surface area contributed by atoms with E-state index in [1.54, 1.807) is 0 Å². The number of nitrogens with zero attached hydrogens (tertiary/aromatic N) is 1. The van der Waals surface area contributed by atoms with E-state index in [1.165, 1.54) is 5.56 Å². The van der Waals surface area contributed by atoms with Crippen molar-refractivity contribution in [3.05, 3.63) is 77.4 Å². The van der Waals surface area contributed by atoms with Crippen molar-refractivity contribution in [1.29, 1.82) is 0 Å². The zero-order valence-corrected chi connectivity index (χ0v) is 18.4. The maximum absolute atomic E-state index is 13.1. The van der Waals surface area contributed by atoms with Crippen LogP contribution in [0, 0.1) is 0 Å².